The standard InChI is InChI=1S/C14H15N2O/c1-3-12-4-6-13(7-5-12)14(17)16-10-8-15(2)9-11-16/h4-7H,8-11H2,2H3. The van der Waals surface area contributed by atoms with Gasteiger partial charge in [-0.3, -0.25) is 4.79 Å². The van der Waals surface area contributed by atoms with Crippen molar-refractivity contribution in [2.75, 3.05) is 33.2 Å². The van der Waals surface area contributed by atoms with Crippen molar-refractivity contribution in [1.29, 1.82) is 0 Å². The maximum Gasteiger partial charge on any atom is 0.253 e. The van der Waals surface area contributed by atoms with Gasteiger partial charge in [-0.25, -0.2) is 0 Å². The Morgan fingerprint density at radius 3 is 2.29 bits per heavy atom. The summed E-state index contributed by atoms with van der Waals surface area (Å²) in [5.41, 5.74) is 1.38. The zero-order valence-corrected chi connectivity index (χ0v) is 9.94. The fraction of sp³-hybridized carbons (Fsp3) is 0.357. The molecule has 87 valence electrons. The number of rotatable bonds is 1. The van der Waals surface area contributed by atoms with Crippen molar-refractivity contribution in [2.45, 2.75) is 0 Å². The van der Waals surface area contributed by atoms with Gasteiger partial charge in [-0.1, -0.05) is 5.92 Å². The molecule has 1 fully saturated rings. The van der Waals surface area contributed by atoms with Gasteiger partial charge in [0.15, 0.2) is 0 Å². The summed E-state index contributed by atoms with van der Waals surface area (Å²) in [5.74, 6) is 2.38. The van der Waals surface area contributed by atoms with Crippen LogP contribution in [0, 0.1) is 12.3 Å². The Bertz CT molecular complexity index is 436. The highest BCUT2D eigenvalue weighted by Crippen LogP contribution is 2.09. The number of piperazine rings is 1. The van der Waals surface area contributed by atoms with E-state index >= 15 is 0 Å². The van der Waals surface area contributed by atoms with Gasteiger partial charge in [0.1, 0.15) is 0 Å². The number of carbonyl (C=O) groups is 1. The molecule has 1 radical (unpaired) electrons. The molecule has 1 amide bonds. The molecule has 17 heavy (non-hydrogen) atoms. The first-order chi connectivity index (χ1) is 8.20. The molecule has 1 aromatic carbocycles. The molecule has 0 aromatic heterocycles. The first-order valence-electron chi connectivity index (χ1n) is 5.71. The predicted molar refractivity (Wildman–Crippen MR) is 66.1 cm³/mol. The smallest absolute Gasteiger partial charge is 0.253 e. The summed E-state index contributed by atoms with van der Waals surface area (Å²) in [4.78, 5) is 16.2. The van der Waals surface area contributed by atoms with Gasteiger partial charge in [-0.05, 0) is 37.7 Å². The van der Waals surface area contributed by atoms with E-state index in [9.17, 15) is 4.79 Å². The first kappa shape index (κ1) is 11.7. The van der Waals surface area contributed by atoms with Crippen LogP contribution < -0.4 is 0 Å². The minimum Gasteiger partial charge on any atom is -0.336 e. The fourth-order valence-electron chi connectivity index (χ4n) is 1.89. The Kier molecular flexibility index (Phi) is 3.46. The number of carbonyl (C=O) groups excluding carboxylic acids is 1. The molecule has 3 nitrogen and oxygen atoms in total. The number of hydrogen-bond acceptors (Lipinski definition) is 2. The average molecular weight is 227 g/mol. The lowest BCUT2D eigenvalue weighted by molar-refractivity contribution is 0.0664. The summed E-state index contributed by atoms with van der Waals surface area (Å²) in [6.07, 6.45) is 6.99. The third kappa shape index (κ3) is 2.66. The molecule has 1 aliphatic rings. The van der Waals surface area contributed by atoms with Crippen LogP contribution in [0.5, 0.6) is 0 Å². The summed E-state index contributed by atoms with van der Waals surface area (Å²) in [6.45, 7) is 3.43. The molecule has 0 unspecified atom stereocenters. The molecule has 0 aliphatic carbocycles. The van der Waals surface area contributed by atoms with Crippen molar-refractivity contribution in [2.24, 2.45) is 0 Å². The second kappa shape index (κ2) is 5.03. The minimum atomic E-state index is 0.0784. The van der Waals surface area contributed by atoms with E-state index in [2.05, 4.69) is 17.9 Å². The lowest BCUT2D eigenvalue weighted by atomic mass is 10.1. The van der Waals surface area contributed by atoms with Crippen LogP contribution in [0.2, 0.25) is 0 Å². The maximum atomic E-state index is 12.1. The molecule has 2 rings (SSSR count). The van der Waals surface area contributed by atoms with Crippen LogP contribution in [-0.2, 0) is 0 Å². The summed E-state index contributed by atoms with van der Waals surface area (Å²) in [6, 6.07) is 7.02. The molecule has 0 bridgehead atoms. The van der Waals surface area contributed by atoms with Crippen molar-refractivity contribution >= 4 is 5.91 Å². The lowest BCUT2D eigenvalue weighted by Crippen LogP contribution is -2.47. The van der Waals surface area contributed by atoms with Gasteiger partial charge in [0.25, 0.3) is 5.91 Å². The van der Waals surface area contributed by atoms with Crippen LogP contribution in [0.4, 0.5) is 0 Å². The molecule has 1 aromatic rings. The quantitative estimate of drug-likeness (QED) is 0.669. The zero-order valence-electron chi connectivity index (χ0n) is 9.94. The van der Waals surface area contributed by atoms with Crippen LogP contribution >= 0.6 is 0 Å². The largest absolute Gasteiger partial charge is 0.336 e. The van der Waals surface area contributed by atoms with Gasteiger partial charge in [-0.2, -0.15) is 0 Å². The Morgan fingerprint density at radius 1 is 1.18 bits per heavy atom. The van der Waals surface area contributed by atoms with Crippen LogP contribution in [0.25, 0.3) is 0 Å². The number of benzene rings is 1. The molecule has 0 atom stereocenters. The highest BCUT2D eigenvalue weighted by molar-refractivity contribution is 5.94. The molecular formula is C14H15N2O. The van der Waals surface area contributed by atoms with Crippen LogP contribution in [-0.4, -0.2) is 48.9 Å². The third-order valence-electron chi connectivity index (χ3n) is 3.07. The van der Waals surface area contributed by atoms with Crippen LogP contribution in [0.3, 0.4) is 0 Å². The SMILES string of the molecule is [C]#Cc1ccc(C(=O)N2CCN(C)CC2)cc1. The number of nitrogens with zero attached hydrogens (tertiary/aromatic N) is 2. The lowest BCUT2D eigenvalue weighted by Gasteiger charge is -2.32. The minimum absolute atomic E-state index is 0.0784. The van der Waals surface area contributed by atoms with Gasteiger partial charge in [0, 0.05) is 37.3 Å². The molecule has 0 spiro atoms. The van der Waals surface area contributed by atoms with E-state index in [-0.39, 0.29) is 5.91 Å². The highest BCUT2D eigenvalue weighted by atomic mass is 16.2. The summed E-state index contributed by atoms with van der Waals surface area (Å²) in [5, 5.41) is 0. The molecule has 3 heteroatoms. The second-order valence-corrected chi connectivity index (χ2v) is 4.30. The fourth-order valence-corrected chi connectivity index (χ4v) is 1.89. The van der Waals surface area contributed by atoms with E-state index in [1.54, 1.807) is 24.3 Å². The van der Waals surface area contributed by atoms with Gasteiger partial charge >= 0.3 is 0 Å². The molecule has 1 saturated heterocycles. The first-order valence-corrected chi connectivity index (χ1v) is 5.71. The van der Waals surface area contributed by atoms with Crippen molar-refractivity contribution in [3.8, 4) is 5.92 Å². The third-order valence-corrected chi connectivity index (χ3v) is 3.07. The normalized spacial score (nSPS) is 16.6. The van der Waals surface area contributed by atoms with E-state index < -0.39 is 0 Å². The van der Waals surface area contributed by atoms with Gasteiger partial charge in [0.05, 0.1) is 0 Å². The van der Waals surface area contributed by atoms with Crippen molar-refractivity contribution in [3.63, 3.8) is 0 Å². The predicted octanol–water partition coefficient (Wildman–Crippen LogP) is 1.01. The summed E-state index contributed by atoms with van der Waals surface area (Å²) in [7, 11) is 2.07. The van der Waals surface area contributed by atoms with Gasteiger partial charge in [0.2, 0.25) is 0 Å². The van der Waals surface area contributed by atoms with E-state index in [1.807, 2.05) is 4.90 Å². The van der Waals surface area contributed by atoms with E-state index in [4.69, 9.17) is 6.42 Å². The average Bonchev–Trinajstić information content (AvgIpc) is 2.39. The Hall–Kier alpha value is -1.79. The Morgan fingerprint density at radius 2 is 1.76 bits per heavy atom. The van der Waals surface area contributed by atoms with Crippen molar-refractivity contribution in [3.05, 3.63) is 41.8 Å². The zero-order chi connectivity index (χ0) is 12.3. The maximum absolute atomic E-state index is 12.1. The second-order valence-electron chi connectivity index (χ2n) is 4.30. The van der Waals surface area contributed by atoms with Gasteiger partial charge < -0.3 is 9.80 Å². The summed E-state index contributed by atoms with van der Waals surface area (Å²) >= 11 is 0. The number of likely N-dealkylation sites (N-methyl/N-ethyl adjacent to an activating group) is 1. The Labute approximate surface area is 102 Å². The number of amides is 1. The molecular weight excluding hydrogens is 212 g/mol. The van der Waals surface area contributed by atoms with Crippen molar-refractivity contribution < 1.29 is 4.79 Å². The van der Waals surface area contributed by atoms with E-state index in [1.165, 1.54) is 0 Å². The van der Waals surface area contributed by atoms with Crippen LogP contribution in [0.1, 0.15) is 15.9 Å². The molecule has 1 aliphatic heterocycles. The topological polar surface area (TPSA) is 23.6 Å². The van der Waals surface area contributed by atoms with E-state index in [0.717, 1.165) is 26.2 Å². The molecule has 0 saturated carbocycles. The monoisotopic (exact) mass is 227 g/mol. The van der Waals surface area contributed by atoms with Crippen molar-refractivity contribution in [1.82, 2.24) is 9.80 Å². The molecule has 1 heterocycles. The van der Waals surface area contributed by atoms with Crippen LogP contribution in [0.15, 0.2) is 24.3 Å². The van der Waals surface area contributed by atoms with E-state index in [0.29, 0.717) is 11.1 Å². The van der Waals surface area contributed by atoms with Gasteiger partial charge in [-0.15, -0.1) is 0 Å². The Balaban J connectivity index is 2.06. The molecule has 0 N–H and O–H groups in total. The number of hydrogen-bond donors (Lipinski definition) is 0. The summed E-state index contributed by atoms with van der Waals surface area (Å²) < 4.78 is 0. The highest BCUT2D eigenvalue weighted by Gasteiger charge is 2.19.